The van der Waals surface area contributed by atoms with Crippen LogP contribution < -0.4 is 0 Å². The van der Waals surface area contributed by atoms with Crippen molar-refractivity contribution in [1.82, 2.24) is 0 Å². The fourth-order valence-electron chi connectivity index (χ4n) is 8.01. The van der Waals surface area contributed by atoms with Crippen molar-refractivity contribution >= 4 is 11.9 Å². The van der Waals surface area contributed by atoms with Crippen LogP contribution in [0.1, 0.15) is 232 Å². The molecular formula is C53H96O10. The zero-order chi connectivity index (χ0) is 45.9. The van der Waals surface area contributed by atoms with E-state index in [1.807, 2.05) is 6.08 Å². The standard InChI is InChI=1S/C53H96O10/c1-3-5-7-9-11-13-15-17-19-20-21-22-23-24-25-26-28-29-31-33-35-37-39-41-48(55)60-44-46(45-61-53-52(59)51(58)50(57)47(43-54)63-53)62-49(56)42-40-38-36-34-32-30-27-18-16-14-12-10-8-6-4-2/h4,26,28,33,35,46-47,50-54,57-59H,2-3,5-25,27,29-32,34,36-45H2,1H3/b28-26+,35-33+/t46-,47-,50+,51?,52?,53-/m0/s1. The monoisotopic (exact) mass is 893 g/mol. The fraction of sp³-hybridized carbons (Fsp3) is 0.849. The molecule has 63 heavy (non-hydrogen) atoms. The molecule has 1 heterocycles. The topological polar surface area (TPSA) is 152 Å². The Morgan fingerprint density at radius 2 is 0.952 bits per heavy atom. The maximum absolute atomic E-state index is 12.8. The maximum Gasteiger partial charge on any atom is 0.306 e. The number of ether oxygens (including phenoxy) is 4. The summed E-state index contributed by atoms with van der Waals surface area (Å²) >= 11 is 0. The Bertz CT molecular complexity index is 1110. The van der Waals surface area contributed by atoms with E-state index >= 15 is 0 Å². The third-order valence-corrected chi connectivity index (χ3v) is 12.1. The Labute approximate surface area is 385 Å². The summed E-state index contributed by atoms with van der Waals surface area (Å²) in [5.41, 5.74) is 0. The lowest BCUT2D eigenvalue weighted by molar-refractivity contribution is -0.305. The SMILES string of the molecule is C=CCCCCCCCCCCCCCCCC(=O)O[C@@H](COC(=O)CCC/C=C/CC/C=C/CCCCCCCCCCCCCCCC)CO[C@H]1O[C@@H](CO)[C@@H](O)C(O)C1O. The summed E-state index contributed by atoms with van der Waals surface area (Å²) in [6, 6.07) is 0. The maximum atomic E-state index is 12.8. The molecular weight excluding hydrogens is 797 g/mol. The summed E-state index contributed by atoms with van der Waals surface area (Å²) < 4.78 is 22.2. The van der Waals surface area contributed by atoms with Gasteiger partial charge in [-0.3, -0.25) is 9.59 Å². The van der Waals surface area contributed by atoms with Crippen LogP contribution in [-0.4, -0.2) is 89.0 Å². The molecule has 0 radical (unpaired) electrons. The predicted octanol–water partition coefficient (Wildman–Crippen LogP) is 12.2. The first-order chi connectivity index (χ1) is 30.8. The van der Waals surface area contributed by atoms with Crippen molar-refractivity contribution in [3.63, 3.8) is 0 Å². The van der Waals surface area contributed by atoms with Crippen molar-refractivity contribution in [2.45, 2.75) is 268 Å². The van der Waals surface area contributed by atoms with Crippen molar-refractivity contribution < 1.29 is 49.0 Å². The lowest BCUT2D eigenvalue weighted by Crippen LogP contribution is -2.59. The van der Waals surface area contributed by atoms with Gasteiger partial charge in [0.1, 0.15) is 31.0 Å². The van der Waals surface area contributed by atoms with Gasteiger partial charge in [0.2, 0.25) is 0 Å². The number of carbonyl (C=O) groups is 2. The van der Waals surface area contributed by atoms with Crippen LogP contribution in [0.2, 0.25) is 0 Å². The molecule has 1 fully saturated rings. The van der Waals surface area contributed by atoms with Gasteiger partial charge < -0.3 is 39.4 Å². The lowest BCUT2D eigenvalue weighted by atomic mass is 9.99. The molecule has 2 unspecified atom stereocenters. The third kappa shape index (κ3) is 34.9. The number of unbranched alkanes of at least 4 members (excludes halogenated alkanes) is 29. The van der Waals surface area contributed by atoms with Gasteiger partial charge in [-0.1, -0.05) is 191 Å². The smallest absolute Gasteiger partial charge is 0.306 e. The molecule has 6 atom stereocenters. The quantitative estimate of drug-likeness (QED) is 0.0264. The summed E-state index contributed by atoms with van der Waals surface area (Å²) in [5.74, 6) is -0.851. The fourth-order valence-corrected chi connectivity index (χ4v) is 8.01. The first-order valence-electron chi connectivity index (χ1n) is 26.0. The molecule has 0 spiro atoms. The summed E-state index contributed by atoms with van der Waals surface area (Å²) in [6.07, 6.45) is 43.5. The Morgan fingerprint density at radius 3 is 1.44 bits per heavy atom. The van der Waals surface area contributed by atoms with Crippen molar-refractivity contribution in [2.75, 3.05) is 19.8 Å². The van der Waals surface area contributed by atoms with Gasteiger partial charge in [-0.25, -0.2) is 0 Å². The van der Waals surface area contributed by atoms with Gasteiger partial charge in [-0.2, -0.15) is 0 Å². The summed E-state index contributed by atoms with van der Waals surface area (Å²) in [6.45, 7) is 4.94. The molecule has 4 N–H and O–H groups in total. The summed E-state index contributed by atoms with van der Waals surface area (Å²) in [5, 5.41) is 40.2. The average Bonchev–Trinajstić information content (AvgIpc) is 3.28. The van der Waals surface area contributed by atoms with Crippen molar-refractivity contribution in [2.24, 2.45) is 0 Å². The van der Waals surface area contributed by atoms with Crippen molar-refractivity contribution in [1.29, 1.82) is 0 Å². The average molecular weight is 893 g/mol. The largest absolute Gasteiger partial charge is 0.462 e. The minimum atomic E-state index is -1.60. The minimum Gasteiger partial charge on any atom is -0.462 e. The van der Waals surface area contributed by atoms with Gasteiger partial charge in [-0.05, 0) is 57.8 Å². The second-order valence-corrected chi connectivity index (χ2v) is 18.0. The highest BCUT2D eigenvalue weighted by molar-refractivity contribution is 5.70. The Morgan fingerprint density at radius 1 is 0.524 bits per heavy atom. The number of hydrogen-bond donors (Lipinski definition) is 4. The summed E-state index contributed by atoms with van der Waals surface area (Å²) in [7, 11) is 0. The molecule has 0 bridgehead atoms. The number of allylic oxidation sites excluding steroid dienone is 5. The Hall–Kier alpha value is -2.08. The lowest BCUT2D eigenvalue weighted by Gasteiger charge is -2.39. The van der Waals surface area contributed by atoms with Crippen LogP contribution in [0.15, 0.2) is 37.0 Å². The van der Waals surface area contributed by atoms with E-state index in [4.69, 9.17) is 18.9 Å². The zero-order valence-corrected chi connectivity index (χ0v) is 40.2. The molecule has 0 aromatic heterocycles. The predicted molar refractivity (Wildman–Crippen MR) is 256 cm³/mol. The highest BCUT2D eigenvalue weighted by atomic mass is 16.7. The molecule has 10 nitrogen and oxygen atoms in total. The van der Waals surface area contributed by atoms with E-state index in [1.54, 1.807) is 0 Å². The molecule has 1 saturated heterocycles. The Kier molecular flexibility index (Phi) is 41.0. The first-order valence-corrected chi connectivity index (χ1v) is 26.0. The van der Waals surface area contributed by atoms with Gasteiger partial charge in [0.05, 0.1) is 13.2 Å². The van der Waals surface area contributed by atoms with Gasteiger partial charge >= 0.3 is 11.9 Å². The van der Waals surface area contributed by atoms with Crippen LogP contribution in [0.5, 0.6) is 0 Å². The highest BCUT2D eigenvalue weighted by Gasteiger charge is 2.44. The number of hydrogen-bond acceptors (Lipinski definition) is 10. The first kappa shape index (κ1) is 58.9. The minimum absolute atomic E-state index is 0.216. The van der Waals surface area contributed by atoms with Crippen LogP contribution in [-0.2, 0) is 28.5 Å². The summed E-state index contributed by atoms with van der Waals surface area (Å²) in [4.78, 5) is 25.4. The molecule has 0 saturated carbocycles. The number of rotatable bonds is 45. The second-order valence-electron chi connectivity index (χ2n) is 18.0. The molecule has 1 aliphatic rings. The van der Waals surface area contributed by atoms with Crippen LogP contribution in [0, 0.1) is 0 Å². The molecule has 0 amide bonds. The molecule has 1 aliphatic heterocycles. The van der Waals surface area contributed by atoms with Crippen LogP contribution >= 0.6 is 0 Å². The third-order valence-electron chi connectivity index (χ3n) is 12.1. The van der Waals surface area contributed by atoms with E-state index in [1.165, 1.54) is 148 Å². The van der Waals surface area contributed by atoms with E-state index < -0.39 is 55.4 Å². The zero-order valence-electron chi connectivity index (χ0n) is 40.2. The van der Waals surface area contributed by atoms with E-state index in [9.17, 15) is 30.0 Å². The van der Waals surface area contributed by atoms with Gasteiger partial charge in [-0.15, -0.1) is 6.58 Å². The second kappa shape index (κ2) is 43.8. The molecule has 10 heteroatoms. The number of aliphatic hydroxyl groups excluding tert-OH is 4. The number of carbonyl (C=O) groups excluding carboxylic acids is 2. The van der Waals surface area contributed by atoms with E-state index in [2.05, 4.69) is 37.8 Å². The number of esters is 2. The molecule has 1 rings (SSSR count). The van der Waals surface area contributed by atoms with Gasteiger partial charge in [0, 0.05) is 12.8 Å². The molecule has 0 aliphatic carbocycles. The Balaban J connectivity index is 2.25. The normalized spacial score (nSPS) is 19.5. The highest BCUT2D eigenvalue weighted by Crippen LogP contribution is 2.23. The van der Waals surface area contributed by atoms with E-state index in [0.29, 0.717) is 12.8 Å². The molecule has 0 aromatic carbocycles. The molecule has 0 aromatic rings. The van der Waals surface area contributed by atoms with Gasteiger partial charge in [0.15, 0.2) is 12.4 Å². The van der Waals surface area contributed by atoms with E-state index in [0.717, 1.165) is 51.4 Å². The van der Waals surface area contributed by atoms with Crippen LogP contribution in [0.3, 0.4) is 0 Å². The van der Waals surface area contributed by atoms with Crippen LogP contribution in [0.25, 0.3) is 0 Å². The van der Waals surface area contributed by atoms with Gasteiger partial charge in [0.25, 0.3) is 0 Å². The van der Waals surface area contributed by atoms with Crippen LogP contribution in [0.4, 0.5) is 0 Å². The van der Waals surface area contributed by atoms with Crippen molar-refractivity contribution in [3.05, 3.63) is 37.0 Å². The van der Waals surface area contributed by atoms with Crippen molar-refractivity contribution in [3.8, 4) is 0 Å². The van der Waals surface area contributed by atoms with E-state index in [-0.39, 0.29) is 26.1 Å². The molecule has 368 valence electrons. The number of aliphatic hydroxyl groups is 4.